The maximum absolute atomic E-state index is 12.9. The van der Waals surface area contributed by atoms with Crippen molar-refractivity contribution < 1.29 is 22.6 Å². The molecule has 0 bridgehead atoms. The summed E-state index contributed by atoms with van der Waals surface area (Å²) in [5.41, 5.74) is 0.953. The number of halogens is 1. The van der Waals surface area contributed by atoms with Crippen LogP contribution < -0.4 is 14.2 Å². The standard InChI is InChI=1S/C20H25ClN2O5S/c1-26-19-7-6-17(13-20(19)27-2)29(24,25)22-14-18(23-8-10-28-11-9-23)15-4-3-5-16(21)12-15/h3-7,12-13,18,22H,8-11,14H2,1-2H3. The number of hydrogen-bond donors (Lipinski definition) is 1. The lowest BCUT2D eigenvalue weighted by molar-refractivity contribution is 0.0172. The average molecular weight is 441 g/mol. The van der Waals surface area contributed by atoms with Crippen molar-refractivity contribution in [2.75, 3.05) is 47.1 Å². The predicted octanol–water partition coefficient (Wildman–Crippen LogP) is 2.71. The molecule has 2 aromatic carbocycles. The van der Waals surface area contributed by atoms with Crippen LogP contribution >= 0.6 is 11.6 Å². The number of methoxy groups -OCH3 is 2. The van der Waals surface area contributed by atoms with Gasteiger partial charge in [-0.1, -0.05) is 23.7 Å². The third kappa shape index (κ3) is 5.40. The fraction of sp³-hybridized carbons (Fsp3) is 0.400. The average Bonchev–Trinajstić information content (AvgIpc) is 2.74. The van der Waals surface area contributed by atoms with Crippen molar-refractivity contribution in [3.05, 3.63) is 53.1 Å². The lowest BCUT2D eigenvalue weighted by atomic mass is 10.1. The first-order chi connectivity index (χ1) is 13.9. The molecule has 7 nitrogen and oxygen atoms in total. The second kappa shape index (κ2) is 9.77. The Balaban J connectivity index is 1.82. The molecule has 1 heterocycles. The Morgan fingerprint density at radius 3 is 2.48 bits per heavy atom. The van der Waals surface area contributed by atoms with Gasteiger partial charge in [-0.3, -0.25) is 4.90 Å². The summed E-state index contributed by atoms with van der Waals surface area (Å²) in [7, 11) is -0.776. The molecule has 158 valence electrons. The highest BCUT2D eigenvalue weighted by atomic mass is 35.5. The fourth-order valence-electron chi connectivity index (χ4n) is 3.32. The van der Waals surface area contributed by atoms with E-state index in [1.54, 1.807) is 12.1 Å². The van der Waals surface area contributed by atoms with Gasteiger partial charge in [0, 0.05) is 36.8 Å². The Bertz CT molecular complexity index is 932. The van der Waals surface area contributed by atoms with Gasteiger partial charge in [-0.25, -0.2) is 13.1 Å². The molecule has 1 fully saturated rings. The zero-order valence-corrected chi connectivity index (χ0v) is 18.0. The molecule has 1 aliphatic rings. The first-order valence-electron chi connectivity index (χ1n) is 9.23. The molecule has 29 heavy (non-hydrogen) atoms. The summed E-state index contributed by atoms with van der Waals surface area (Å²) in [6.07, 6.45) is 0. The molecule has 0 radical (unpaired) electrons. The lowest BCUT2D eigenvalue weighted by Gasteiger charge is -2.35. The van der Waals surface area contributed by atoms with E-state index < -0.39 is 10.0 Å². The van der Waals surface area contributed by atoms with Gasteiger partial charge < -0.3 is 14.2 Å². The molecule has 1 atom stereocenters. The molecule has 0 saturated carbocycles. The van der Waals surface area contributed by atoms with Crippen molar-refractivity contribution in [1.82, 2.24) is 9.62 Å². The summed E-state index contributed by atoms with van der Waals surface area (Å²) in [6, 6.07) is 11.8. The van der Waals surface area contributed by atoms with Crippen molar-refractivity contribution in [2.24, 2.45) is 0 Å². The van der Waals surface area contributed by atoms with Gasteiger partial charge in [0.15, 0.2) is 11.5 Å². The van der Waals surface area contributed by atoms with E-state index in [4.69, 9.17) is 25.8 Å². The minimum atomic E-state index is -3.75. The summed E-state index contributed by atoms with van der Waals surface area (Å²) in [4.78, 5) is 2.31. The van der Waals surface area contributed by atoms with Crippen LogP contribution in [0.3, 0.4) is 0 Å². The first-order valence-corrected chi connectivity index (χ1v) is 11.1. The lowest BCUT2D eigenvalue weighted by Crippen LogP contribution is -2.43. The van der Waals surface area contributed by atoms with E-state index >= 15 is 0 Å². The molecule has 9 heteroatoms. The molecule has 1 saturated heterocycles. The summed E-state index contributed by atoms with van der Waals surface area (Å²) in [5.74, 6) is 0.825. The van der Waals surface area contributed by atoms with Crippen LogP contribution in [0, 0.1) is 0 Å². The van der Waals surface area contributed by atoms with Gasteiger partial charge in [0.05, 0.1) is 32.3 Å². The Hall–Kier alpha value is -1.84. The molecule has 2 aromatic rings. The van der Waals surface area contributed by atoms with E-state index in [0.717, 1.165) is 18.7 Å². The molecule has 0 aromatic heterocycles. The van der Waals surface area contributed by atoms with Gasteiger partial charge in [0.2, 0.25) is 10.0 Å². The highest BCUT2D eigenvalue weighted by Crippen LogP contribution is 2.30. The van der Waals surface area contributed by atoms with Crippen molar-refractivity contribution >= 4 is 21.6 Å². The normalized spacial score (nSPS) is 16.4. The van der Waals surface area contributed by atoms with Gasteiger partial charge in [0.1, 0.15) is 0 Å². The van der Waals surface area contributed by atoms with Gasteiger partial charge in [-0.05, 0) is 29.8 Å². The quantitative estimate of drug-likeness (QED) is 0.680. The third-order valence-electron chi connectivity index (χ3n) is 4.85. The van der Waals surface area contributed by atoms with Gasteiger partial charge >= 0.3 is 0 Å². The van der Waals surface area contributed by atoms with Gasteiger partial charge in [-0.15, -0.1) is 0 Å². The molecule has 1 N–H and O–H groups in total. The Morgan fingerprint density at radius 1 is 1.10 bits per heavy atom. The summed E-state index contributed by atoms with van der Waals surface area (Å²) in [5, 5.41) is 0.614. The number of nitrogens with zero attached hydrogens (tertiary/aromatic N) is 1. The molecular weight excluding hydrogens is 416 g/mol. The van der Waals surface area contributed by atoms with Crippen LogP contribution in [0.4, 0.5) is 0 Å². The molecule has 1 unspecified atom stereocenters. The monoisotopic (exact) mass is 440 g/mol. The summed E-state index contributed by atoms with van der Waals surface area (Å²) in [6.45, 7) is 2.86. The maximum atomic E-state index is 12.9. The van der Waals surface area contributed by atoms with Crippen LogP contribution in [-0.2, 0) is 14.8 Å². The molecule has 1 aliphatic heterocycles. The summed E-state index contributed by atoms with van der Waals surface area (Å²) >= 11 is 6.17. The van der Waals surface area contributed by atoms with Crippen LogP contribution in [0.1, 0.15) is 11.6 Å². The first kappa shape index (κ1) is 21.9. The van der Waals surface area contributed by atoms with Crippen molar-refractivity contribution in [1.29, 1.82) is 0 Å². The fourth-order valence-corrected chi connectivity index (χ4v) is 4.57. The van der Waals surface area contributed by atoms with Gasteiger partial charge in [0.25, 0.3) is 0 Å². The smallest absolute Gasteiger partial charge is 0.240 e. The largest absolute Gasteiger partial charge is 0.493 e. The molecule has 0 amide bonds. The number of nitrogens with one attached hydrogen (secondary N) is 1. The van der Waals surface area contributed by atoms with Crippen LogP contribution in [0.15, 0.2) is 47.4 Å². The molecule has 0 aliphatic carbocycles. The zero-order chi connectivity index (χ0) is 20.9. The highest BCUT2D eigenvalue weighted by Gasteiger charge is 2.25. The minimum Gasteiger partial charge on any atom is -0.493 e. The number of morpholine rings is 1. The summed E-state index contributed by atoms with van der Waals surface area (Å²) < 4.78 is 44.4. The second-order valence-electron chi connectivity index (χ2n) is 6.59. The number of benzene rings is 2. The minimum absolute atomic E-state index is 0.113. The van der Waals surface area contributed by atoms with E-state index in [1.165, 1.54) is 26.4 Å². The van der Waals surface area contributed by atoms with E-state index in [1.807, 2.05) is 18.2 Å². The van der Waals surface area contributed by atoms with E-state index in [0.29, 0.717) is 29.7 Å². The Morgan fingerprint density at radius 2 is 1.83 bits per heavy atom. The van der Waals surface area contributed by atoms with Crippen molar-refractivity contribution in [3.8, 4) is 11.5 Å². The van der Waals surface area contributed by atoms with E-state index in [-0.39, 0.29) is 17.5 Å². The highest BCUT2D eigenvalue weighted by molar-refractivity contribution is 7.89. The molecular formula is C20H25ClN2O5S. The van der Waals surface area contributed by atoms with E-state index in [9.17, 15) is 8.42 Å². The Labute approximate surface area is 176 Å². The van der Waals surface area contributed by atoms with Crippen LogP contribution in [0.25, 0.3) is 0 Å². The van der Waals surface area contributed by atoms with Gasteiger partial charge in [-0.2, -0.15) is 0 Å². The van der Waals surface area contributed by atoms with Crippen LogP contribution in [0.2, 0.25) is 5.02 Å². The maximum Gasteiger partial charge on any atom is 0.240 e. The number of ether oxygens (including phenoxy) is 3. The number of hydrogen-bond acceptors (Lipinski definition) is 6. The van der Waals surface area contributed by atoms with E-state index in [2.05, 4.69) is 9.62 Å². The van der Waals surface area contributed by atoms with Crippen molar-refractivity contribution in [3.63, 3.8) is 0 Å². The molecule has 3 rings (SSSR count). The Kier molecular flexibility index (Phi) is 7.37. The number of sulfonamides is 1. The predicted molar refractivity (Wildman–Crippen MR) is 111 cm³/mol. The van der Waals surface area contributed by atoms with Crippen molar-refractivity contribution in [2.45, 2.75) is 10.9 Å². The number of rotatable bonds is 8. The van der Waals surface area contributed by atoms with Crippen LogP contribution in [0.5, 0.6) is 11.5 Å². The van der Waals surface area contributed by atoms with Crippen LogP contribution in [-0.4, -0.2) is 60.4 Å². The topological polar surface area (TPSA) is 77.1 Å². The second-order valence-corrected chi connectivity index (χ2v) is 8.79. The third-order valence-corrected chi connectivity index (χ3v) is 6.51. The SMILES string of the molecule is COc1ccc(S(=O)(=O)NCC(c2cccc(Cl)c2)N2CCOCC2)cc1OC. The molecule has 0 spiro atoms. The zero-order valence-electron chi connectivity index (χ0n) is 16.4.